The highest BCUT2D eigenvalue weighted by molar-refractivity contribution is 5.56. The highest BCUT2D eigenvalue weighted by Gasteiger charge is 2.10. The van der Waals surface area contributed by atoms with Gasteiger partial charge in [0, 0.05) is 12.1 Å². The van der Waals surface area contributed by atoms with Crippen molar-refractivity contribution in [2.45, 2.75) is 13.5 Å². The van der Waals surface area contributed by atoms with Crippen molar-refractivity contribution in [1.29, 1.82) is 0 Å². The summed E-state index contributed by atoms with van der Waals surface area (Å²) in [6, 6.07) is 10.1. The SMILES string of the molecule is CCOc1cc(OCc2ccc(OC)cc2)c(N)cc1F. The first-order valence-electron chi connectivity index (χ1n) is 6.61. The quantitative estimate of drug-likeness (QED) is 0.829. The molecule has 0 saturated carbocycles. The van der Waals surface area contributed by atoms with Crippen LogP contribution < -0.4 is 19.9 Å². The van der Waals surface area contributed by atoms with Crippen molar-refractivity contribution < 1.29 is 18.6 Å². The number of hydrogen-bond acceptors (Lipinski definition) is 4. The number of anilines is 1. The van der Waals surface area contributed by atoms with E-state index in [0.29, 0.717) is 19.0 Å². The van der Waals surface area contributed by atoms with Gasteiger partial charge in [-0.15, -0.1) is 0 Å². The van der Waals surface area contributed by atoms with E-state index in [2.05, 4.69) is 0 Å². The molecule has 0 heterocycles. The van der Waals surface area contributed by atoms with Crippen LogP contribution in [0.4, 0.5) is 10.1 Å². The monoisotopic (exact) mass is 291 g/mol. The predicted molar refractivity (Wildman–Crippen MR) is 79.3 cm³/mol. The van der Waals surface area contributed by atoms with Gasteiger partial charge in [0.05, 0.1) is 19.4 Å². The number of benzene rings is 2. The molecule has 0 bridgehead atoms. The Bertz CT molecular complexity index is 599. The first kappa shape index (κ1) is 15.0. The smallest absolute Gasteiger partial charge is 0.167 e. The van der Waals surface area contributed by atoms with Crippen LogP contribution in [0.3, 0.4) is 0 Å². The fraction of sp³-hybridized carbons (Fsp3) is 0.250. The Balaban J connectivity index is 2.09. The van der Waals surface area contributed by atoms with Crippen molar-refractivity contribution in [3.63, 3.8) is 0 Å². The Morgan fingerprint density at radius 3 is 2.38 bits per heavy atom. The third kappa shape index (κ3) is 3.78. The fourth-order valence-electron chi connectivity index (χ4n) is 1.82. The molecule has 2 aromatic rings. The molecule has 5 heteroatoms. The topological polar surface area (TPSA) is 53.7 Å². The van der Waals surface area contributed by atoms with E-state index >= 15 is 0 Å². The minimum Gasteiger partial charge on any atom is -0.497 e. The zero-order valence-corrected chi connectivity index (χ0v) is 12.1. The number of halogens is 1. The van der Waals surface area contributed by atoms with Crippen LogP contribution in [0.1, 0.15) is 12.5 Å². The summed E-state index contributed by atoms with van der Waals surface area (Å²) in [5.74, 6) is 0.817. The molecule has 2 aromatic carbocycles. The average molecular weight is 291 g/mol. The van der Waals surface area contributed by atoms with E-state index in [1.165, 1.54) is 12.1 Å². The minimum absolute atomic E-state index is 0.136. The highest BCUT2D eigenvalue weighted by atomic mass is 19.1. The van der Waals surface area contributed by atoms with Crippen LogP contribution in [0.15, 0.2) is 36.4 Å². The normalized spacial score (nSPS) is 10.2. The molecule has 0 radical (unpaired) electrons. The second-order valence-corrected chi connectivity index (χ2v) is 4.39. The van der Waals surface area contributed by atoms with E-state index in [1.807, 2.05) is 24.3 Å². The third-order valence-electron chi connectivity index (χ3n) is 2.92. The van der Waals surface area contributed by atoms with E-state index in [9.17, 15) is 4.39 Å². The van der Waals surface area contributed by atoms with Gasteiger partial charge in [-0.05, 0) is 24.6 Å². The van der Waals surface area contributed by atoms with E-state index in [-0.39, 0.29) is 11.4 Å². The summed E-state index contributed by atoms with van der Waals surface area (Å²) in [6.07, 6.45) is 0. The van der Waals surface area contributed by atoms with E-state index in [0.717, 1.165) is 11.3 Å². The van der Waals surface area contributed by atoms with Crippen LogP contribution in [-0.2, 0) is 6.61 Å². The Hall–Kier alpha value is -2.43. The van der Waals surface area contributed by atoms with Gasteiger partial charge >= 0.3 is 0 Å². The van der Waals surface area contributed by atoms with Crippen LogP contribution in [0.25, 0.3) is 0 Å². The van der Waals surface area contributed by atoms with Gasteiger partial charge in [0.15, 0.2) is 11.6 Å². The number of nitrogens with two attached hydrogens (primary N) is 1. The van der Waals surface area contributed by atoms with Gasteiger partial charge in [0.25, 0.3) is 0 Å². The average Bonchev–Trinajstić information content (AvgIpc) is 2.49. The molecular formula is C16H18FNO3. The Morgan fingerprint density at radius 2 is 1.76 bits per heavy atom. The maximum absolute atomic E-state index is 13.6. The number of ether oxygens (including phenoxy) is 3. The number of nitrogen functional groups attached to an aromatic ring is 1. The summed E-state index contributed by atoms with van der Waals surface area (Å²) in [5, 5.41) is 0. The molecule has 0 fully saturated rings. The molecule has 2 rings (SSSR count). The molecule has 0 unspecified atom stereocenters. The van der Waals surface area contributed by atoms with Gasteiger partial charge < -0.3 is 19.9 Å². The van der Waals surface area contributed by atoms with Crippen molar-refractivity contribution in [3.8, 4) is 17.2 Å². The van der Waals surface area contributed by atoms with E-state index in [1.54, 1.807) is 14.0 Å². The molecule has 0 spiro atoms. The maximum atomic E-state index is 13.6. The first-order valence-corrected chi connectivity index (χ1v) is 6.61. The largest absolute Gasteiger partial charge is 0.497 e. The lowest BCUT2D eigenvalue weighted by molar-refractivity contribution is 0.295. The van der Waals surface area contributed by atoms with Gasteiger partial charge in [-0.3, -0.25) is 0 Å². The lowest BCUT2D eigenvalue weighted by Crippen LogP contribution is -2.02. The molecule has 0 atom stereocenters. The standard InChI is InChI=1S/C16H18FNO3/c1-3-20-15-9-16(14(18)8-13(15)17)21-10-11-4-6-12(19-2)7-5-11/h4-9H,3,10,18H2,1-2H3. The van der Waals surface area contributed by atoms with Gasteiger partial charge in [0.2, 0.25) is 0 Å². The van der Waals surface area contributed by atoms with Crippen molar-refractivity contribution in [2.24, 2.45) is 0 Å². The molecule has 112 valence electrons. The summed E-state index contributed by atoms with van der Waals surface area (Å²) >= 11 is 0. The van der Waals surface area contributed by atoms with Crippen molar-refractivity contribution in [3.05, 3.63) is 47.8 Å². The molecule has 0 amide bonds. The van der Waals surface area contributed by atoms with E-state index < -0.39 is 5.82 Å². The van der Waals surface area contributed by atoms with Crippen LogP contribution in [0.2, 0.25) is 0 Å². The first-order chi connectivity index (χ1) is 10.1. The summed E-state index contributed by atoms with van der Waals surface area (Å²) in [7, 11) is 1.61. The maximum Gasteiger partial charge on any atom is 0.167 e. The fourth-order valence-corrected chi connectivity index (χ4v) is 1.82. The molecule has 0 aromatic heterocycles. The summed E-state index contributed by atoms with van der Waals surface area (Å²) in [6.45, 7) is 2.48. The molecule has 0 aliphatic carbocycles. The third-order valence-corrected chi connectivity index (χ3v) is 2.92. The predicted octanol–water partition coefficient (Wildman–Crippen LogP) is 3.39. The van der Waals surface area contributed by atoms with Crippen molar-refractivity contribution >= 4 is 5.69 Å². The van der Waals surface area contributed by atoms with Crippen LogP contribution in [0.5, 0.6) is 17.2 Å². The minimum atomic E-state index is -0.494. The lowest BCUT2D eigenvalue weighted by Gasteiger charge is -2.12. The molecule has 0 saturated heterocycles. The van der Waals surface area contributed by atoms with Crippen LogP contribution in [0, 0.1) is 5.82 Å². The van der Waals surface area contributed by atoms with Gasteiger partial charge in [-0.25, -0.2) is 4.39 Å². The number of methoxy groups -OCH3 is 1. The Kier molecular flexibility index (Phi) is 4.87. The molecule has 21 heavy (non-hydrogen) atoms. The zero-order chi connectivity index (χ0) is 15.2. The van der Waals surface area contributed by atoms with Gasteiger partial charge in [-0.2, -0.15) is 0 Å². The van der Waals surface area contributed by atoms with E-state index in [4.69, 9.17) is 19.9 Å². The number of rotatable bonds is 6. The lowest BCUT2D eigenvalue weighted by atomic mass is 10.2. The zero-order valence-electron chi connectivity index (χ0n) is 12.1. The second kappa shape index (κ2) is 6.83. The van der Waals surface area contributed by atoms with Gasteiger partial charge in [0.1, 0.15) is 18.1 Å². The van der Waals surface area contributed by atoms with Crippen LogP contribution in [-0.4, -0.2) is 13.7 Å². The van der Waals surface area contributed by atoms with Crippen molar-refractivity contribution in [1.82, 2.24) is 0 Å². The molecule has 0 aliphatic rings. The number of hydrogen-bond donors (Lipinski definition) is 1. The Labute approximate surface area is 123 Å². The van der Waals surface area contributed by atoms with Crippen molar-refractivity contribution in [2.75, 3.05) is 19.5 Å². The molecule has 2 N–H and O–H groups in total. The Morgan fingerprint density at radius 1 is 1.05 bits per heavy atom. The molecule has 4 nitrogen and oxygen atoms in total. The molecule has 0 aliphatic heterocycles. The van der Waals surface area contributed by atoms with Crippen LogP contribution >= 0.6 is 0 Å². The summed E-state index contributed by atoms with van der Waals surface area (Å²) in [4.78, 5) is 0. The summed E-state index contributed by atoms with van der Waals surface area (Å²) < 4.78 is 29.5. The molecular weight excluding hydrogens is 273 g/mol. The summed E-state index contributed by atoms with van der Waals surface area (Å²) in [5.41, 5.74) is 6.95. The second-order valence-electron chi connectivity index (χ2n) is 4.39. The highest BCUT2D eigenvalue weighted by Crippen LogP contribution is 2.30. The van der Waals surface area contributed by atoms with Gasteiger partial charge in [-0.1, -0.05) is 12.1 Å².